The molecule has 6 nitrogen and oxygen atoms in total. The maximum atomic E-state index is 13.3. The van der Waals surface area contributed by atoms with Gasteiger partial charge in [-0.3, -0.25) is 14.5 Å². The third-order valence-corrected chi connectivity index (χ3v) is 6.29. The maximum absolute atomic E-state index is 13.3. The number of benzene rings is 4. The molecule has 1 unspecified atom stereocenters. The van der Waals surface area contributed by atoms with E-state index in [1.54, 1.807) is 67.8 Å². The molecule has 1 saturated heterocycles. The highest BCUT2D eigenvalue weighted by Gasteiger charge is 2.46. The first-order valence-electron chi connectivity index (χ1n) is 11.8. The Kier molecular flexibility index (Phi) is 6.72. The normalized spacial score (nSPS) is 16.6. The van der Waals surface area contributed by atoms with Crippen LogP contribution in [0.25, 0.3) is 5.76 Å². The van der Waals surface area contributed by atoms with Crippen LogP contribution < -0.4 is 14.4 Å². The summed E-state index contributed by atoms with van der Waals surface area (Å²) in [7, 11) is 1.55. The number of ether oxygens (including phenoxy) is 2. The number of hydrogen-bond donors (Lipinski definition) is 1. The Morgan fingerprint density at radius 2 is 1.38 bits per heavy atom. The molecule has 0 spiro atoms. The molecule has 0 bridgehead atoms. The van der Waals surface area contributed by atoms with E-state index in [1.165, 1.54) is 4.90 Å². The molecule has 184 valence electrons. The molecule has 1 heterocycles. The molecule has 0 radical (unpaired) electrons. The number of methoxy groups -OCH3 is 1. The summed E-state index contributed by atoms with van der Waals surface area (Å²) in [6.45, 7) is 0.417. The lowest BCUT2D eigenvalue weighted by Crippen LogP contribution is -2.29. The Balaban J connectivity index is 1.54. The molecule has 37 heavy (non-hydrogen) atoms. The van der Waals surface area contributed by atoms with Crippen molar-refractivity contribution in [1.82, 2.24) is 0 Å². The summed E-state index contributed by atoms with van der Waals surface area (Å²) in [4.78, 5) is 28.0. The fourth-order valence-electron chi connectivity index (χ4n) is 4.39. The summed E-state index contributed by atoms with van der Waals surface area (Å²) in [6.07, 6.45) is 0. The summed E-state index contributed by atoms with van der Waals surface area (Å²) in [5, 5.41) is 11.2. The second-order valence-electron chi connectivity index (χ2n) is 8.58. The highest BCUT2D eigenvalue weighted by molar-refractivity contribution is 6.51. The predicted molar refractivity (Wildman–Crippen MR) is 141 cm³/mol. The summed E-state index contributed by atoms with van der Waals surface area (Å²) in [5.41, 5.74) is 2.72. The molecule has 0 saturated carbocycles. The Morgan fingerprint density at radius 3 is 2.00 bits per heavy atom. The zero-order valence-electron chi connectivity index (χ0n) is 20.2. The molecular formula is C31H25NO5. The number of para-hydroxylation sites is 1. The zero-order valence-corrected chi connectivity index (χ0v) is 20.2. The largest absolute Gasteiger partial charge is 0.507 e. The van der Waals surface area contributed by atoms with E-state index in [4.69, 9.17) is 9.47 Å². The fraction of sp³-hybridized carbons (Fsp3) is 0.0968. The van der Waals surface area contributed by atoms with Gasteiger partial charge in [-0.15, -0.1) is 0 Å². The van der Waals surface area contributed by atoms with Gasteiger partial charge in [-0.2, -0.15) is 0 Å². The average molecular weight is 492 g/mol. The molecule has 0 aliphatic carbocycles. The maximum Gasteiger partial charge on any atom is 0.300 e. The fourth-order valence-corrected chi connectivity index (χ4v) is 4.39. The van der Waals surface area contributed by atoms with Crippen LogP contribution in [-0.2, 0) is 16.2 Å². The number of carbonyl (C=O) groups is 2. The summed E-state index contributed by atoms with van der Waals surface area (Å²) < 4.78 is 11.1. The molecule has 1 aliphatic heterocycles. The number of aliphatic hydroxyl groups excluding tert-OH is 1. The SMILES string of the molecule is COc1ccc(/C(O)=C2/C(=O)C(=O)N(c3ccccc3)C2c2ccc(OCc3ccccc3)cc2)cc1. The lowest BCUT2D eigenvalue weighted by molar-refractivity contribution is -0.132. The minimum absolute atomic E-state index is 0.0250. The number of Topliss-reactive ketones (excluding diaryl/α,β-unsaturated/α-hetero) is 1. The second kappa shape index (κ2) is 10.4. The molecular weight excluding hydrogens is 466 g/mol. The van der Waals surface area contributed by atoms with Gasteiger partial charge < -0.3 is 14.6 Å². The molecule has 1 fully saturated rings. The van der Waals surface area contributed by atoms with Crippen molar-refractivity contribution in [2.75, 3.05) is 12.0 Å². The van der Waals surface area contributed by atoms with E-state index in [-0.39, 0.29) is 11.3 Å². The minimum atomic E-state index is -0.812. The van der Waals surface area contributed by atoms with Gasteiger partial charge in [0.05, 0.1) is 18.7 Å². The van der Waals surface area contributed by atoms with Crippen molar-refractivity contribution < 1.29 is 24.2 Å². The quantitative estimate of drug-likeness (QED) is 0.198. The van der Waals surface area contributed by atoms with Gasteiger partial charge in [0, 0.05) is 11.3 Å². The standard InChI is InChI=1S/C31H25NO5/c1-36-25-16-14-23(15-17-25)29(33)27-28(32(31(35)30(27)34)24-10-6-3-7-11-24)22-12-18-26(19-13-22)37-20-21-8-4-2-5-9-21/h2-19,28,33H,20H2,1H3/b29-27-. The monoisotopic (exact) mass is 491 g/mol. The zero-order chi connectivity index (χ0) is 25.8. The van der Waals surface area contributed by atoms with Gasteiger partial charge in [0.15, 0.2) is 0 Å². The van der Waals surface area contributed by atoms with Crippen LogP contribution in [0.4, 0.5) is 5.69 Å². The first-order chi connectivity index (χ1) is 18.1. The molecule has 0 aromatic heterocycles. The van der Waals surface area contributed by atoms with Crippen molar-refractivity contribution in [2.45, 2.75) is 12.6 Å². The lowest BCUT2D eigenvalue weighted by Gasteiger charge is -2.25. The molecule has 4 aromatic rings. The van der Waals surface area contributed by atoms with Crippen molar-refractivity contribution >= 4 is 23.1 Å². The van der Waals surface area contributed by atoms with E-state index < -0.39 is 17.7 Å². The van der Waals surface area contributed by atoms with E-state index >= 15 is 0 Å². The highest BCUT2D eigenvalue weighted by Crippen LogP contribution is 2.42. The number of hydrogen-bond acceptors (Lipinski definition) is 5. The average Bonchev–Trinajstić information content (AvgIpc) is 3.22. The van der Waals surface area contributed by atoms with Crippen LogP contribution in [-0.4, -0.2) is 23.9 Å². The highest BCUT2D eigenvalue weighted by atomic mass is 16.5. The van der Waals surface area contributed by atoms with E-state index in [0.717, 1.165) is 5.56 Å². The number of aliphatic hydroxyl groups is 1. The molecule has 1 N–H and O–H groups in total. The minimum Gasteiger partial charge on any atom is -0.507 e. The van der Waals surface area contributed by atoms with E-state index in [2.05, 4.69) is 0 Å². The smallest absolute Gasteiger partial charge is 0.300 e. The summed E-state index contributed by atoms with van der Waals surface area (Å²) >= 11 is 0. The number of ketones is 1. The van der Waals surface area contributed by atoms with Crippen LogP contribution in [0.2, 0.25) is 0 Å². The van der Waals surface area contributed by atoms with Crippen LogP contribution in [0.5, 0.6) is 11.5 Å². The van der Waals surface area contributed by atoms with E-state index in [0.29, 0.717) is 34.9 Å². The van der Waals surface area contributed by atoms with Crippen LogP contribution in [0.1, 0.15) is 22.7 Å². The lowest BCUT2D eigenvalue weighted by atomic mass is 9.95. The number of rotatable bonds is 7. The number of anilines is 1. The van der Waals surface area contributed by atoms with Crippen molar-refractivity contribution in [3.8, 4) is 11.5 Å². The van der Waals surface area contributed by atoms with Crippen LogP contribution >= 0.6 is 0 Å². The first kappa shape index (κ1) is 23.9. The third-order valence-electron chi connectivity index (χ3n) is 6.29. The molecule has 1 aliphatic rings. The molecule has 4 aromatic carbocycles. The van der Waals surface area contributed by atoms with Crippen molar-refractivity contribution in [3.63, 3.8) is 0 Å². The first-order valence-corrected chi connectivity index (χ1v) is 11.8. The van der Waals surface area contributed by atoms with Gasteiger partial charge in [0.2, 0.25) is 0 Å². The van der Waals surface area contributed by atoms with Gasteiger partial charge in [-0.1, -0.05) is 60.7 Å². The summed E-state index contributed by atoms with van der Waals surface area (Å²) in [6, 6.07) is 31.9. The predicted octanol–water partition coefficient (Wildman–Crippen LogP) is 5.90. The third kappa shape index (κ3) is 4.82. The Hall–Kier alpha value is -4.84. The number of amides is 1. The Labute approximate surface area is 215 Å². The molecule has 1 atom stereocenters. The van der Waals surface area contributed by atoms with Crippen LogP contribution in [0.15, 0.2) is 115 Å². The molecule has 1 amide bonds. The molecule has 6 heteroatoms. The van der Waals surface area contributed by atoms with Crippen LogP contribution in [0, 0.1) is 0 Å². The Morgan fingerprint density at radius 1 is 0.784 bits per heavy atom. The van der Waals surface area contributed by atoms with E-state index in [9.17, 15) is 14.7 Å². The Bertz CT molecular complexity index is 1430. The van der Waals surface area contributed by atoms with Gasteiger partial charge in [-0.25, -0.2) is 0 Å². The van der Waals surface area contributed by atoms with Gasteiger partial charge in [-0.05, 0) is 59.7 Å². The summed E-state index contributed by atoms with van der Waals surface area (Å²) in [5.74, 6) is -0.417. The topological polar surface area (TPSA) is 76.1 Å². The van der Waals surface area contributed by atoms with E-state index in [1.807, 2.05) is 48.5 Å². The van der Waals surface area contributed by atoms with Crippen molar-refractivity contribution in [2.24, 2.45) is 0 Å². The van der Waals surface area contributed by atoms with Crippen molar-refractivity contribution in [1.29, 1.82) is 0 Å². The van der Waals surface area contributed by atoms with Crippen LogP contribution in [0.3, 0.4) is 0 Å². The van der Waals surface area contributed by atoms with Crippen molar-refractivity contribution in [3.05, 3.63) is 131 Å². The molecule has 5 rings (SSSR count). The van der Waals surface area contributed by atoms with Gasteiger partial charge in [0.25, 0.3) is 11.7 Å². The second-order valence-corrected chi connectivity index (χ2v) is 8.58. The number of nitrogens with zero attached hydrogens (tertiary/aromatic N) is 1. The number of carbonyl (C=O) groups excluding carboxylic acids is 2. The van der Waals surface area contributed by atoms with Gasteiger partial charge >= 0.3 is 0 Å². The van der Waals surface area contributed by atoms with Gasteiger partial charge in [0.1, 0.15) is 23.9 Å².